The Hall–Kier alpha value is -3.09. The van der Waals surface area contributed by atoms with Gasteiger partial charge in [0.25, 0.3) is 15.9 Å². The Balaban J connectivity index is 1.68. The molecule has 1 N–H and O–H groups in total. The van der Waals surface area contributed by atoms with Crippen molar-refractivity contribution in [2.24, 2.45) is 0 Å². The van der Waals surface area contributed by atoms with E-state index in [9.17, 15) is 21.6 Å². The van der Waals surface area contributed by atoms with Crippen LogP contribution in [-0.4, -0.2) is 41.5 Å². The largest absolute Gasteiger partial charge is 0.479 e. The number of halogens is 3. The topological polar surface area (TPSA) is 108 Å². The highest BCUT2D eigenvalue weighted by Gasteiger charge is 2.27. The number of aromatic nitrogens is 4. The van der Waals surface area contributed by atoms with E-state index in [4.69, 9.17) is 4.74 Å². The molecule has 1 aliphatic carbocycles. The zero-order valence-electron chi connectivity index (χ0n) is 14.8. The van der Waals surface area contributed by atoms with Crippen LogP contribution in [0.25, 0.3) is 5.78 Å². The van der Waals surface area contributed by atoms with Gasteiger partial charge in [-0.3, -0.25) is 9.12 Å². The maximum absolute atomic E-state index is 14.0. The molecule has 3 aromatic heterocycles. The Morgan fingerprint density at radius 2 is 2.03 bits per heavy atom. The standard InChI is InChI=1S/C16H14F3N5O4S/c1-27-14-11(6-9(17)13(22-14)28-15(18)19)23-29(25,26)12-7-20-16-21-10(8-2-3-8)4-5-24(12)16/h4-8,15,23H,2-3H2,1H3. The molecule has 0 spiro atoms. The van der Waals surface area contributed by atoms with Gasteiger partial charge in [-0.25, -0.2) is 14.4 Å². The van der Waals surface area contributed by atoms with Crippen molar-refractivity contribution >= 4 is 21.5 Å². The molecular weight excluding hydrogens is 415 g/mol. The third-order valence-corrected chi connectivity index (χ3v) is 5.53. The predicted molar refractivity (Wildman–Crippen MR) is 93.1 cm³/mol. The number of anilines is 1. The molecule has 154 valence electrons. The number of nitrogens with zero attached hydrogens (tertiary/aromatic N) is 4. The number of imidazole rings is 1. The number of rotatable bonds is 7. The van der Waals surface area contributed by atoms with Crippen LogP contribution in [0.1, 0.15) is 24.5 Å². The van der Waals surface area contributed by atoms with Gasteiger partial charge in [0.2, 0.25) is 11.7 Å². The fraction of sp³-hybridized carbons (Fsp3) is 0.312. The summed E-state index contributed by atoms with van der Waals surface area (Å²) in [5.41, 5.74) is 0.437. The first-order valence-electron chi connectivity index (χ1n) is 8.34. The van der Waals surface area contributed by atoms with E-state index in [2.05, 4.69) is 24.4 Å². The molecule has 9 nitrogen and oxygen atoms in total. The van der Waals surface area contributed by atoms with Crippen LogP contribution in [0.5, 0.6) is 11.8 Å². The minimum atomic E-state index is -4.26. The molecule has 0 amide bonds. The molecule has 1 saturated carbocycles. The Labute approximate surface area is 162 Å². The van der Waals surface area contributed by atoms with Crippen molar-refractivity contribution in [3.8, 4) is 11.8 Å². The minimum absolute atomic E-state index is 0.201. The molecule has 29 heavy (non-hydrogen) atoms. The molecule has 0 radical (unpaired) electrons. The molecule has 0 aliphatic heterocycles. The first kappa shape index (κ1) is 19.2. The second-order valence-electron chi connectivity index (χ2n) is 6.21. The first-order valence-corrected chi connectivity index (χ1v) is 9.83. The summed E-state index contributed by atoms with van der Waals surface area (Å²) in [5, 5.41) is -0.252. The number of fused-ring (bicyclic) bond motifs is 1. The van der Waals surface area contributed by atoms with Crippen LogP contribution in [0.2, 0.25) is 0 Å². The predicted octanol–water partition coefficient (Wildman–Crippen LogP) is 2.55. The SMILES string of the molecule is COc1nc(OC(F)F)c(F)cc1NS(=O)(=O)c1cnc2nc(C3CC3)ccn12. The van der Waals surface area contributed by atoms with E-state index in [-0.39, 0.29) is 10.8 Å². The highest BCUT2D eigenvalue weighted by molar-refractivity contribution is 7.92. The number of alkyl halides is 2. The number of ether oxygens (including phenoxy) is 2. The van der Waals surface area contributed by atoms with E-state index in [1.54, 1.807) is 6.07 Å². The van der Waals surface area contributed by atoms with Crippen LogP contribution >= 0.6 is 0 Å². The quantitative estimate of drug-likeness (QED) is 0.615. The van der Waals surface area contributed by atoms with Gasteiger partial charge in [0.1, 0.15) is 5.69 Å². The molecule has 0 saturated heterocycles. The molecule has 13 heteroatoms. The lowest BCUT2D eigenvalue weighted by atomic mass is 10.3. The molecule has 0 bridgehead atoms. The fourth-order valence-corrected chi connectivity index (χ4v) is 3.85. The van der Waals surface area contributed by atoms with Crippen molar-refractivity contribution in [2.75, 3.05) is 11.8 Å². The fourth-order valence-electron chi connectivity index (χ4n) is 2.72. The molecule has 3 heterocycles. The summed E-state index contributed by atoms with van der Waals surface area (Å²) in [4.78, 5) is 11.8. The van der Waals surface area contributed by atoms with Gasteiger partial charge in [0.05, 0.1) is 13.3 Å². The lowest BCUT2D eigenvalue weighted by Crippen LogP contribution is -2.17. The van der Waals surface area contributed by atoms with E-state index >= 15 is 0 Å². The molecule has 0 atom stereocenters. The van der Waals surface area contributed by atoms with Gasteiger partial charge >= 0.3 is 6.61 Å². The maximum atomic E-state index is 14.0. The van der Waals surface area contributed by atoms with E-state index in [0.29, 0.717) is 12.0 Å². The average Bonchev–Trinajstić information content (AvgIpc) is 3.41. The molecular formula is C16H14F3N5O4S. The normalized spacial score (nSPS) is 14.4. The minimum Gasteiger partial charge on any atom is -0.479 e. The maximum Gasteiger partial charge on any atom is 0.388 e. The van der Waals surface area contributed by atoms with Crippen molar-refractivity contribution in [1.29, 1.82) is 0 Å². The second-order valence-corrected chi connectivity index (χ2v) is 7.84. The van der Waals surface area contributed by atoms with Gasteiger partial charge < -0.3 is 9.47 Å². The third kappa shape index (κ3) is 3.77. The number of hydrogen-bond donors (Lipinski definition) is 1. The van der Waals surface area contributed by atoms with E-state index in [0.717, 1.165) is 31.8 Å². The van der Waals surface area contributed by atoms with Crippen LogP contribution < -0.4 is 14.2 Å². The highest BCUT2D eigenvalue weighted by atomic mass is 32.2. The van der Waals surface area contributed by atoms with Crippen molar-refractivity contribution in [2.45, 2.75) is 30.4 Å². The van der Waals surface area contributed by atoms with Gasteiger partial charge in [-0.1, -0.05) is 0 Å². The Morgan fingerprint density at radius 1 is 1.28 bits per heavy atom. The van der Waals surface area contributed by atoms with Crippen LogP contribution in [0.15, 0.2) is 29.6 Å². The summed E-state index contributed by atoms with van der Waals surface area (Å²) in [5.74, 6) is -2.20. The summed E-state index contributed by atoms with van der Waals surface area (Å²) in [6.45, 7) is -3.31. The van der Waals surface area contributed by atoms with Crippen molar-refractivity contribution in [1.82, 2.24) is 19.4 Å². The molecule has 1 fully saturated rings. The molecule has 1 aliphatic rings. The monoisotopic (exact) mass is 429 g/mol. The van der Waals surface area contributed by atoms with Gasteiger partial charge in [-0.15, -0.1) is 0 Å². The average molecular weight is 429 g/mol. The summed E-state index contributed by atoms with van der Waals surface area (Å²) in [6, 6.07) is 2.34. The van der Waals surface area contributed by atoms with Crippen LogP contribution in [-0.2, 0) is 10.0 Å². The summed E-state index contributed by atoms with van der Waals surface area (Å²) in [7, 11) is -3.15. The van der Waals surface area contributed by atoms with Gasteiger partial charge in [-0.05, 0) is 18.9 Å². The van der Waals surface area contributed by atoms with E-state index in [1.165, 1.54) is 10.6 Å². The van der Waals surface area contributed by atoms with Crippen molar-refractivity contribution in [3.63, 3.8) is 0 Å². The summed E-state index contributed by atoms with van der Waals surface area (Å²) >= 11 is 0. The van der Waals surface area contributed by atoms with Crippen molar-refractivity contribution in [3.05, 3.63) is 36.0 Å². The smallest absolute Gasteiger partial charge is 0.388 e. The number of hydrogen-bond acceptors (Lipinski definition) is 7. The third-order valence-electron chi connectivity index (χ3n) is 4.19. The van der Waals surface area contributed by atoms with E-state index < -0.39 is 39.9 Å². The Bertz CT molecular complexity index is 1180. The lowest BCUT2D eigenvalue weighted by Gasteiger charge is -2.13. The van der Waals surface area contributed by atoms with Gasteiger partial charge in [-0.2, -0.15) is 22.2 Å². The van der Waals surface area contributed by atoms with Crippen molar-refractivity contribution < 1.29 is 31.1 Å². The highest BCUT2D eigenvalue weighted by Crippen LogP contribution is 2.39. The Morgan fingerprint density at radius 3 is 2.69 bits per heavy atom. The summed E-state index contributed by atoms with van der Waals surface area (Å²) < 4.78 is 76.4. The van der Waals surface area contributed by atoms with Crippen LogP contribution in [0.3, 0.4) is 0 Å². The number of sulfonamides is 1. The molecule has 0 aromatic carbocycles. The van der Waals surface area contributed by atoms with Crippen LogP contribution in [0, 0.1) is 5.82 Å². The lowest BCUT2D eigenvalue weighted by molar-refractivity contribution is -0.0555. The summed E-state index contributed by atoms with van der Waals surface area (Å²) in [6.07, 6.45) is 4.69. The number of methoxy groups -OCH3 is 1. The molecule has 0 unspecified atom stereocenters. The second kappa shape index (κ2) is 7.06. The van der Waals surface area contributed by atoms with E-state index in [1.807, 2.05) is 0 Å². The zero-order valence-corrected chi connectivity index (χ0v) is 15.7. The van der Waals surface area contributed by atoms with Crippen LogP contribution in [0.4, 0.5) is 18.9 Å². The first-order chi connectivity index (χ1) is 13.8. The number of pyridine rings is 1. The number of nitrogens with one attached hydrogen (secondary N) is 1. The zero-order chi connectivity index (χ0) is 20.8. The molecule has 4 rings (SSSR count). The van der Waals surface area contributed by atoms with Gasteiger partial charge in [0, 0.05) is 23.9 Å². The molecule has 3 aromatic rings. The Kier molecular flexibility index (Phi) is 4.68. The van der Waals surface area contributed by atoms with Gasteiger partial charge in [0.15, 0.2) is 10.8 Å².